The lowest BCUT2D eigenvalue weighted by Crippen LogP contribution is -2.21. The number of ether oxygens (including phenoxy) is 1. The van der Waals surface area contributed by atoms with Gasteiger partial charge in [-0.3, -0.25) is 20.0 Å². The zero-order valence-electron chi connectivity index (χ0n) is 14.8. The average Bonchev–Trinajstić information content (AvgIpc) is 3.07. The highest BCUT2D eigenvalue weighted by Gasteiger charge is 2.18. The van der Waals surface area contributed by atoms with Crippen LogP contribution >= 0.6 is 0 Å². The van der Waals surface area contributed by atoms with E-state index in [1.807, 2.05) is 13.8 Å². The molecule has 0 fully saturated rings. The van der Waals surface area contributed by atoms with Gasteiger partial charge in [-0.05, 0) is 18.6 Å². The van der Waals surface area contributed by atoms with Crippen molar-refractivity contribution >= 4 is 39.2 Å². The molecule has 0 spiro atoms. The van der Waals surface area contributed by atoms with Crippen LogP contribution in [0.15, 0.2) is 30.7 Å². The molecule has 2 aromatic heterocycles. The number of H-pyrrole nitrogens is 1. The number of nitrogens with zero attached hydrogens (tertiary/aromatic N) is 1. The number of nitrogens with one attached hydrogen (secondary N) is 3. The zero-order chi connectivity index (χ0) is 18.8. The van der Waals surface area contributed by atoms with E-state index in [2.05, 4.69) is 15.3 Å². The van der Waals surface area contributed by atoms with Crippen LogP contribution in [0.5, 0.6) is 0 Å². The van der Waals surface area contributed by atoms with Gasteiger partial charge in [-0.15, -0.1) is 0 Å². The smallest absolute Gasteiger partial charge is 0.227 e. The Kier molecular flexibility index (Phi) is 4.71. The lowest BCUT2D eigenvalue weighted by Gasteiger charge is -2.13. The standard InChI is InChI=1S/C19H20N4O3/c1-4-10(2)19(25)23-14-8-12(20)17-16-11(9-21-17)7-13(22-18(14)16)15(24)5-6-26-3/h5-10,20,22H,4H2,1-3H3,(H,23,25)/b6-5+,20-12?/t10-/m1/s1. The minimum atomic E-state index is -0.263. The normalized spacial score (nSPS) is 12.7. The van der Waals surface area contributed by atoms with Gasteiger partial charge in [0.05, 0.1) is 41.1 Å². The molecule has 1 aromatic carbocycles. The summed E-state index contributed by atoms with van der Waals surface area (Å²) in [5.74, 6) is -0.553. The number of anilines is 1. The molecule has 0 saturated heterocycles. The Morgan fingerprint density at radius 3 is 2.88 bits per heavy atom. The van der Waals surface area contributed by atoms with Gasteiger partial charge in [0.25, 0.3) is 0 Å². The Balaban J connectivity index is 2.19. The minimum absolute atomic E-state index is 0.132. The van der Waals surface area contributed by atoms with Gasteiger partial charge >= 0.3 is 0 Å². The van der Waals surface area contributed by atoms with E-state index in [9.17, 15) is 9.59 Å². The maximum atomic E-state index is 12.3. The fourth-order valence-corrected chi connectivity index (χ4v) is 2.74. The molecular weight excluding hydrogens is 332 g/mol. The number of aromatic amines is 1. The number of hydrogen-bond donors (Lipinski definition) is 3. The summed E-state index contributed by atoms with van der Waals surface area (Å²) in [5, 5.41) is 12.7. The number of pyridine rings is 1. The first-order chi connectivity index (χ1) is 12.5. The lowest BCUT2D eigenvalue weighted by atomic mass is 10.1. The van der Waals surface area contributed by atoms with E-state index in [0.29, 0.717) is 28.8 Å². The fourth-order valence-electron chi connectivity index (χ4n) is 2.74. The molecule has 0 saturated carbocycles. The van der Waals surface area contributed by atoms with Crippen molar-refractivity contribution in [2.45, 2.75) is 20.3 Å². The second-order valence-corrected chi connectivity index (χ2v) is 6.17. The summed E-state index contributed by atoms with van der Waals surface area (Å²) in [7, 11) is 1.46. The summed E-state index contributed by atoms with van der Waals surface area (Å²) >= 11 is 0. The Morgan fingerprint density at radius 2 is 2.19 bits per heavy atom. The third-order valence-corrected chi connectivity index (χ3v) is 4.42. The fraction of sp³-hybridized carbons (Fsp3) is 0.263. The second kappa shape index (κ2) is 6.95. The van der Waals surface area contributed by atoms with Gasteiger partial charge in [0.2, 0.25) is 11.7 Å². The molecule has 1 atom stereocenters. The van der Waals surface area contributed by atoms with E-state index in [0.717, 1.165) is 10.8 Å². The molecule has 0 aliphatic carbocycles. The molecule has 3 rings (SSSR count). The van der Waals surface area contributed by atoms with Crippen LogP contribution in [0.2, 0.25) is 0 Å². The Labute approximate surface area is 149 Å². The van der Waals surface area contributed by atoms with Crippen molar-refractivity contribution in [3.8, 4) is 0 Å². The van der Waals surface area contributed by atoms with E-state index in [1.165, 1.54) is 19.4 Å². The molecule has 134 valence electrons. The van der Waals surface area contributed by atoms with E-state index in [-0.39, 0.29) is 23.0 Å². The summed E-state index contributed by atoms with van der Waals surface area (Å²) in [6, 6.07) is 3.24. The summed E-state index contributed by atoms with van der Waals surface area (Å²) in [6.07, 6.45) is 4.95. The van der Waals surface area contributed by atoms with E-state index >= 15 is 0 Å². The van der Waals surface area contributed by atoms with Crippen LogP contribution in [0.1, 0.15) is 30.8 Å². The first-order valence-electron chi connectivity index (χ1n) is 8.33. The lowest BCUT2D eigenvalue weighted by molar-refractivity contribution is -0.119. The van der Waals surface area contributed by atoms with Crippen molar-refractivity contribution in [2.75, 3.05) is 12.4 Å². The van der Waals surface area contributed by atoms with Crippen molar-refractivity contribution in [3.05, 3.63) is 41.7 Å². The number of ketones is 1. The molecule has 0 aliphatic heterocycles. The average molecular weight is 352 g/mol. The van der Waals surface area contributed by atoms with Crippen LogP contribution in [-0.2, 0) is 9.53 Å². The zero-order valence-corrected chi connectivity index (χ0v) is 14.8. The highest BCUT2D eigenvalue weighted by molar-refractivity contribution is 6.16. The molecule has 0 aliphatic rings. The summed E-state index contributed by atoms with van der Waals surface area (Å²) < 4.78 is 4.80. The third-order valence-electron chi connectivity index (χ3n) is 4.42. The Hall–Kier alpha value is -3.22. The van der Waals surface area contributed by atoms with Crippen molar-refractivity contribution in [3.63, 3.8) is 0 Å². The Morgan fingerprint density at radius 1 is 1.42 bits per heavy atom. The number of methoxy groups -OCH3 is 1. The van der Waals surface area contributed by atoms with E-state index in [4.69, 9.17) is 10.1 Å². The second-order valence-electron chi connectivity index (χ2n) is 6.17. The van der Waals surface area contributed by atoms with Crippen LogP contribution in [0.25, 0.3) is 21.8 Å². The molecule has 2 heterocycles. The van der Waals surface area contributed by atoms with Crippen LogP contribution < -0.4 is 10.7 Å². The number of rotatable bonds is 6. The molecule has 0 radical (unpaired) electrons. The number of allylic oxidation sites excluding steroid dienone is 1. The van der Waals surface area contributed by atoms with Gasteiger partial charge in [0.1, 0.15) is 0 Å². The minimum Gasteiger partial charge on any atom is -0.504 e. The van der Waals surface area contributed by atoms with Gasteiger partial charge in [-0.25, -0.2) is 0 Å². The van der Waals surface area contributed by atoms with Crippen molar-refractivity contribution < 1.29 is 14.3 Å². The number of carbonyl (C=O) groups is 2. The van der Waals surface area contributed by atoms with Gasteiger partial charge in [-0.2, -0.15) is 0 Å². The number of hydrogen-bond acceptors (Lipinski definition) is 5. The number of carbonyl (C=O) groups excluding carboxylic acids is 2. The SMILES string of the molecule is CC[C@@H](C)C(=O)Nc1cc(=N)c2ncc3cc(C(=O)/C=C/OC)[nH]c1c32. The molecule has 26 heavy (non-hydrogen) atoms. The molecule has 0 bridgehead atoms. The van der Waals surface area contributed by atoms with Gasteiger partial charge < -0.3 is 15.0 Å². The summed E-state index contributed by atoms with van der Waals surface area (Å²) in [6.45, 7) is 3.78. The Bertz CT molecular complexity index is 1070. The van der Waals surface area contributed by atoms with Crippen LogP contribution in [-0.4, -0.2) is 28.8 Å². The predicted molar refractivity (Wildman–Crippen MR) is 99.2 cm³/mol. The number of amides is 1. The third kappa shape index (κ3) is 3.03. The quantitative estimate of drug-likeness (QED) is 0.360. The van der Waals surface area contributed by atoms with Crippen LogP contribution in [0.4, 0.5) is 5.69 Å². The molecule has 3 N–H and O–H groups in total. The molecule has 7 heteroatoms. The number of benzene rings is 1. The summed E-state index contributed by atoms with van der Waals surface area (Å²) in [5.41, 5.74) is 1.92. The van der Waals surface area contributed by atoms with Gasteiger partial charge in [-0.1, -0.05) is 13.8 Å². The molecule has 3 aromatic rings. The first-order valence-corrected chi connectivity index (χ1v) is 8.33. The maximum Gasteiger partial charge on any atom is 0.227 e. The molecule has 0 unspecified atom stereocenters. The van der Waals surface area contributed by atoms with Crippen molar-refractivity contribution in [1.82, 2.24) is 9.97 Å². The van der Waals surface area contributed by atoms with Gasteiger partial charge in [0.15, 0.2) is 0 Å². The largest absolute Gasteiger partial charge is 0.504 e. The van der Waals surface area contributed by atoms with Crippen LogP contribution in [0.3, 0.4) is 0 Å². The van der Waals surface area contributed by atoms with Crippen molar-refractivity contribution in [1.29, 1.82) is 5.41 Å². The molecule has 1 amide bonds. The highest BCUT2D eigenvalue weighted by atomic mass is 16.5. The molecule has 7 nitrogen and oxygen atoms in total. The topological polar surface area (TPSA) is 108 Å². The van der Waals surface area contributed by atoms with Crippen molar-refractivity contribution in [2.24, 2.45) is 5.92 Å². The molecular formula is C19H20N4O3. The van der Waals surface area contributed by atoms with E-state index < -0.39 is 0 Å². The van der Waals surface area contributed by atoms with Gasteiger partial charge in [0, 0.05) is 29.0 Å². The van der Waals surface area contributed by atoms with E-state index in [1.54, 1.807) is 18.3 Å². The monoisotopic (exact) mass is 352 g/mol. The predicted octanol–water partition coefficient (Wildman–Crippen LogP) is 2.96. The van der Waals surface area contributed by atoms with Crippen LogP contribution in [0, 0.1) is 11.3 Å². The highest BCUT2D eigenvalue weighted by Crippen LogP contribution is 2.29. The first kappa shape index (κ1) is 17.6. The summed E-state index contributed by atoms with van der Waals surface area (Å²) in [4.78, 5) is 32.0. The maximum absolute atomic E-state index is 12.3. The number of aromatic nitrogens is 2.